The Morgan fingerprint density at radius 2 is 1.57 bits per heavy atom. The van der Waals surface area contributed by atoms with E-state index in [0.29, 0.717) is 16.8 Å². The molecule has 4 atom stereocenters. The molecule has 3 aromatic rings. The van der Waals surface area contributed by atoms with Crippen molar-refractivity contribution in [3.05, 3.63) is 99.6 Å². The van der Waals surface area contributed by atoms with Crippen LogP contribution in [-0.4, -0.2) is 47.4 Å². The van der Waals surface area contributed by atoms with Crippen molar-refractivity contribution in [2.24, 2.45) is 11.8 Å². The van der Waals surface area contributed by atoms with Gasteiger partial charge in [-0.15, -0.1) is 0 Å². The molecule has 0 saturated carbocycles. The third kappa shape index (κ3) is 4.40. The van der Waals surface area contributed by atoms with Crippen molar-refractivity contribution < 1.29 is 24.4 Å². The Labute approximate surface area is 231 Å². The van der Waals surface area contributed by atoms with E-state index in [-0.39, 0.29) is 12.1 Å². The molecule has 3 aromatic carbocycles. The molecule has 2 N–H and O–H groups in total. The van der Waals surface area contributed by atoms with Gasteiger partial charge in [0.25, 0.3) is 5.69 Å². The average Bonchev–Trinajstić information content (AvgIpc) is 3.42. The van der Waals surface area contributed by atoms with E-state index in [1.807, 2.05) is 62.3 Å². The molecule has 5 rings (SSSR count). The maximum atomic E-state index is 14.0. The zero-order chi connectivity index (χ0) is 28.8. The number of anilines is 2. The molecule has 2 amide bonds. The van der Waals surface area contributed by atoms with E-state index in [1.165, 1.54) is 24.3 Å². The van der Waals surface area contributed by atoms with Crippen LogP contribution in [0, 0.1) is 22.0 Å². The van der Waals surface area contributed by atoms with Crippen molar-refractivity contribution in [2.75, 3.05) is 23.9 Å². The Morgan fingerprint density at radius 1 is 0.975 bits per heavy atom. The summed E-state index contributed by atoms with van der Waals surface area (Å²) >= 11 is 0. The largest absolute Gasteiger partial charge is 0.480 e. The highest BCUT2D eigenvalue weighted by atomic mass is 16.6. The number of hydrogen-bond acceptors (Lipinski definition) is 7. The summed E-state index contributed by atoms with van der Waals surface area (Å²) in [6.07, 6.45) is 0.648. The van der Waals surface area contributed by atoms with E-state index in [0.717, 1.165) is 22.6 Å². The molecule has 206 valence electrons. The second kappa shape index (κ2) is 10.2. The summed E-state index contributed by atoms with van der Waals surface area (Å²) < 4.78 is 0. The topological polar surface area (TPSA) is 133 Å². The van der Waals surface area contributed by atoms with Crippen molar-refractivity contribution in [2.45, 2.75) is 31.3 Å². The van der Waals surface area contributed by atoms with Gasteiger partial charge in [-0.05, 0) is 47.4 Å². The highest BCUT2D eigenvalue weighted by molar-refractivity contribution is 6.24. The van der Waals surface area contributed by atoms with Gasteiger partial charge >= 0.3 is 5.97 Å². The number of carboxylic acid groups (broad SMARTS) is 1. The van der Waals surface area contributed by atoms with Gasteiger partial charge in [0.05, 0.1) is 22.4 Å². The number of benzene rings is 3. The molecule has 0 spiro atoms. The van der Waals surface area contributed by atoms with Crippen LogP contribution in [0.2, 0.25) is 0 Å². The fourth-order valence-corrected chi connectivity index (χ4v) is 5.90. The maximum absolute atomic E-state index is 14.0. The van der Waals surface area contributed by atoms with Crippen LogP contribution < -0.4 is 15.1 Å². The summed E-state index contributed by atoms with van der Waals surface area (Å²) in [6, 6.07) is 19.4. The van der Waals surface area contributed by atoms with Crippen LogP contribution in [0.1, 0.15) is 29.7 Å². The summed E-state index contributed by atoms with van der Waals surface area (Å²) in [6.45, 7) is 2.00. The fourth-order valence-electron chi connectivity index (χ4n) is 5.90. The fraction of sp³-hybridized carbons (Fsp3) is 0.300. The first-order valence-corrected chi connectivity index (χ1v) is 13.1. The number of carbonyl (C=O) groups is 3. The Bertz CT molecular complexity index is 1470. The molecule has 2 aliphatic heterocycles. The lowest BCUT2D eigenvalue weighted by Gasteiger charge is -2.31. The van der Waals surface area contributed by atoms with E-state index >= 15 is 0 Å². The van der Waals surface area contributed by atoms with Gasteiger partial charge in [0.2, 0.25) is 11.8 Å². The number of carbonyl (C=O) groups excluding carboxylic acids is 2. The van der Waals surface area contributed by atoms with Crippen molar-refractivity contribution in [1.82, 2.24) is 5.32 Å². The molecule has 2 saturated heterocycles. The summed E-state index contributed by atoms with van der Waals surface area (Å²) in [4.78, 5) is 54.8. The van der Waals surface area contributed by atoms with Crippen LogP contribution in [0.4, 0.5) is 17.1 Å². The molecular formula is C30H30N4O6. The average molecular weight is 543 g/mol. The first kappa shape index (κ1) is 27.0. The molecule has 2 heterocycles. The predicted octanol–water partition coefficient (Wildman–Crippen LogP) is 3.74. The van der Waals surface area contributed by atoms with Gasteiger partial charge in [0.15, 0.2) is 0 Å². The van der Waals surface area contributed by atoms with Crippen LogP contribution in [-0.2, 0) is 27.2 Å². The molecule has 40 heavy (non-hydrogen) atoms. The quantitative estimate of drug-likeness (QED) is 0.250. The summed E-state index contributed by atoms with van der Waals surface area (Å²) in [5.41, 5.74) is 1.61. The second-order valence-electron chi connectivity index (χ2n) is 10.5. The maximum Gasteiger partial charge on any atom is 0.325 e. The van der Waals surface area contributed by atoms with Crippen LogP contribution in [0.15, 0.2) is 72.8 Å². The number of nitrogens with zero attached hydrogens (tertiary/aromatic N) is 3. The molecule has 2 aliphatic rings. The second-order valence-corrected chi connectivity index (χ2v) is 10.5. The third-order valence-corrected chi connectivity index (χ3v) is 8.04. The monoisotopic (exact) mass is 542 g/mol. The lowest BCUT2D eigenvalue weighted by Crippen LogP contribution is -2.57. The van der Waals surface area contributed by atoms with Gasteiger partial charge in [-0.1, -0.05) is 43.3 Å². The van der Waals surface area contributed by atoms with Gasteiger partial charge in [0, 0.05) is 44.4 Å². The zero-order valence-corrected chi connectivity index (χ0v) is 22.4. The van der Waals surface area contributed by atoms with Gasteiger partial charge in [0.1, 0.15) is 5.54 Å². The highest BCUT2D eigenvalue weighted by Gasteiger charge is 2.68. The molecule has 2 fully saturated rings. The minimum atomic E-state index is -1.82. The Kier molecular flexibility index (Phi) is 6.89. The minimum Gasteiger partial charge on any atom is -0.480 e. The van der Waals surface area contributed by atoms with E-state index in [1.54, 1.807) is 12.1 Å². The van der Waals surface area contributed by atoms with E-state index < -0.39 is 46.1 Å². The molecular weight excluding hydrogens is 512 g/mol. The highest BCUT2D eigenvalue weighted by Crippen LogP contribution is 2.51. The Morgan fingerprint density at radius 3 is 2.10 bits per heavy atom. The first-order chi connectivity index (χ1) is 19.1. The standard InChI is InChI=1S/C30H30N4O6/c1-4-18-5-11-22(12-6-18)33-27(35)24-25(28(33)36)30(29(37)38,17-19-7-13-23(14-8-19)34(39)40)31-26(24)20-9-15-21(16-10-20)32(2)3/h5-16,24-26,31H,4,17H2,1-3H3,(H,37,38). The SMILES string of the molecule is CCc1ccc(N2C(=O)C3C(c4ccc(N(C)C)cc4)NC(Cc4ccc([N+](=O)[O-])cc4)(C(=O)O)C3C2=O)cc1. The molecule has 0 aromatic heterocycles. The normalized spacial score (nSPS) is 23.8. The summed E-state index contributed by atoms with van der Waals surface area (Å²) in [5, 5.41) is 25.0. The van der Waals surface area contributed by atoms with Crippen LogP contribution in [0.5, 0.6) is 0 Å². The van der Waals surface area contributed by atoms with Crippen molar-refractivity contribution >= 4 is 34.8 Å². The number of hydrogen-bond donors (Lipinski definition) is 2. The smallest absolute Gasteiger partial charge is 0.325 e. The molecule has 10 heteroatoms. The molecule has 0 radical (unpaired) electrons. The number of non-ortho nitro benzene ring substituents is 1. The van der Waals surface area contributed by atoms with Crippen molar-refractivity contribution in [1.29, 1.82) is 0 Å². The van der Waals surface area contributed by atoms with Gasteiger partial charge < -0.3 is 10.0 Å². The van der Waals surface area contributed by atoms with E-state index in [2.05, 4.69) is 5.32 Å². The third-order valence-electron chi connectivity index (χ3n) is 8.04. The zero-order valence-electron chi connectivity index (χ0n) is 22.4. The number of amides is 2. The lowest BCUT2D eigenvalue weighted by atomic mass is 9.76. The number of nitrogens with one attached hydrogen (secondary N) is 1. The number of aryl methyl sites for hydroxylation is 1. The van der Waals surface area contributed by atoms with E-state index in [4.69, 9.17) is 0 Å². The van der Waals surface area contributed by atoms with E-state index in [9.17, 15) is 29.6 Å². The van der Waals surface area contributed by atoms with Crippen molar-refractivity contribution in [3.8, 4) is 0 Å². The summed E-state index contributed by atoms with van der Waals surface area (Å²) in [7, 11) is 3.80. The predicted molar refractivity (Wildman–Crippen MR) is 149 cm³/mol. The number of aliphatic carboxylic acids is 1. The van der Waals surface area contributed by atoms with Crippen LogP contribution in [0.3, 0.4) is 0 Å². The number of fused-ring (bicyclic) bond motifs is 1. The molecule has 10 nitrogen and oxygen atoms in total. The Hall–Kier alpha value is -4.57. The number of carboxylic acids is 1. The summed E-state index contributed by atoms with van der Waals surface area (Å²) in [5.74, 6) is -4.46. The molecule has 4 unspecified atom stereocenters. The lowest BCUT2D eigenvalue weighted by molar-refractivity contribution is -0.384. The number of nitro benzene ring substituents is 1. The minimum absolute atomic E-state index is 0.127. The number of nitro groups is 1. The van der Waals surface area contributed by atoms with Crippen LogP contribution in [0.25, 0.3) is 0 Å². The van der Waals surface area contributed by atoms with Crippen molar-refractivity contribution in [3.63, 3.8) is 0 Å². The number of imide groups is 1. The van der Waals surface area contributed by atoms with Gasteiger partial charge in [-0.2, -0.15) is 0 Å². The van der Waals surface area contributed by atoms with Gasteiger partial charge in [-0.3, -0.25) is 29.8 Å². The first-order valence-electron chi connectivity index (χ1n) is 13.1. The molecule has 0 bridgehead atoms. The number of rotatable bonds is 8. The van der Waals surface area contributed by atoms with Gasteiger partial charge in [-0.25, -0.2) is 4.90 Å². The Balaban J connectivity index is 1.61. The molecule has 0 aliphatic carbocycles. The van der Waals surface area contributed by atoms with Crippen LogP contribution >= 0.6 is 0 Å².